The molecule has 2 aromatic rings. The molecule has 12 heteroatoms. The zero-order valence-electron chi connectivity index (χ0n) is 19.9. The number of sulfone groups is 1. The maximum absolute atomic E-state index is 13.9. The Morgan fingerprint density at radius 2 is 1.94 bits per heavy atom. The van der Waals surface area contributed by atoms with Crippen molar-refractivity contribution >= 4 is 27.5 Å². The quantitative estimate of drug-likeness (QED) is 0.504. The molecule has 2 amide bonds. The number of ether oxygens (including phenoxy) is 1. The molecule has 0 saturated heterocycles. The van der Waals surface area contributed by atoms with Gasteiger partial charge in [0.25, 0.3) is 5.56 Å². The first-order valence-corrected chi connectivity index (χ1v) is 13.7. The standard InChI is InChI=1S/C23H30ClFN4O5S/c1-14(2)29-21(30)19(24)20(28-23(29)35(3,32)33)34-13-15-9-10-17(25)11-16(15)12-26-22(31)27-18-7-5-4-6-8-18/h9-11,14,18H,4-8,12-13H2,1-3H3,(H2,26,27,31). The van der Waals surface area contributed by atoms with Crippen molar-refractivity contribution in [1.82, 2.24) is 20.2 Å². The third-order valence-corrected chi connectivity index (χ3v) is 7.03. The van der Waals surface area contributed by atoms with Gasteiger partial charge in [0, 0.05) is 24.9 Å². The van der Waals surface area contributed by atoms with Crippen LogP contribution in [0.15, 0.2) is 28.2 Å². The van der Waals surface area contributed by atoms with E-state index in [9.17, 15) is 22.4 Å². The predicted molar refractivity (Wildman–Crippen MR) is 130 cm³/mol. The Morgan fingerprint density at radius 1 is 1.26 bits per heavy atom. The van der Waals surface area contributed by atoms with Crippen LogP contribution in [-0.4, -0.2) is 36.3 Å². The molecule has 1 saturated carbocycles. The lowest BCUT2D eigenvalue weighted by atomic mass is 9.96. The number of aromatic nitrogens is 2. The molecule has 3 rings (SSSR count). The average molecular weight is 529 g/mol. The number of halogens is 2. The number of carbonyl (C=O) groups excluding carboxylic acids is 1. The van der Waals surface area contributed by atoms with Crippen LogP contribution in [0.3, 0.4) is 0 Å². The highest BCUT2D eigenvalue weighted by atomic mass is 35.5. The van der Waals surface area contributed by atoms with Crippen LogP contribution in [0.2, 0.25) is 5.02 Å². The van der Waals surface area contributed by atoms with Crippen molar-refractivity contribution in [2.24, 2.45) is 0 Å². The first-order chi connectivity index (χ1) is 16.5. The number of nitrogens with one attached hydrogen (secondary N) is 2. The molecule has 192 valence electrons. The lowest BCUT2D eigenvalue weighted by molar-refractivity contribution is 0.232. The highest BCUT2D eigenvalue weighted by molar-refractivity contribution is 7.90. The molecule has 0 bridgehead atoms. The molecule has 2 N–H and O–H groups in total. The first kappa shape index (κ1) is 26.9. The van der Waals surface area contributed by atoms with Gasteiger partial charge in [0.1, 0.15) is 12.4 Å². The van der Waals surface area contributed by atoms with Crippen molar-refractivity contribution in [3.63, 3.8) is 0 Å². The minimum absolute atomic E-state index is 0.0414. The van der Waals surface area contributed by atoms with Gasteiger partial charge < -0.3 is 15.4 Å². The van der Waals surface area contributed by atoms with Crippen LogP contribution in [0.5, 0.6) is 5.88 Å². The minimum Gasteiger partial charge on any atom is -0.472 e. The van der Waals surface area contributed by atoms with Gasteiger partial charge >= 0.3 is 6.03 Å². The zero-order valence-corrected chi connectivity index (χ0v) is 21.5. The van der Waals surface area contributed by atoms with Gasteiger partial charge in [0.15, 0.2) is 5.02 Å². The topological polar surface area (TPSA) is 119 Å². The molecule has 1 aliphatic carbocycles. The smallest absolute Gasteiger partial charge is 0.315 e. The largest absolute Gasteiger partial charge is 0.472 e. The maximum Gasteiger partial charge on any atom is 0.315 e. The summed E-state index contributed by atoms with van der Waals surface area (Å²) in [6, 6.07) is 3.27. The number of carbonyl (C=O) groups is 1. The molecule has 0 atom stereocenters. The summed E-state index contributed by atoms with van der Waals surface area (Å²) < 4.78 is 45.0. The van der Waals surface area contributed by atoms with Crippen LogP contribution in [-0.2, 0) is 23.0 Å². The van der Waals surface area contributed by atoms with Crippen LogP contribution < -0.4 is 20.9 Å². The van der Waals surface area contributed by atoms with E-state index in [1.165, 1.54) is 24.6 Å². The van der Waals surface area contributed by atoms with Crippen LogP contribution in [0.4, 0.5) is 9.18 Å². The number of hydrogen-bond donors (Lipinski definition) is 2. The summed E-state index contributed by atoms with van der Waals surface area (Å²) in [5.41, 5.74) is 0.224. The molecular formula is C23H30ClFN4O5S. The molecule has 0 unspecified atom stereocenters. The van der Waals surface area contributed by atoms with Gasteiger partial charge in [0.05, 0.1) is 0 Å². The summed E-state index contributed by atoms with van der Waals surface area (Å²) in [5, 5.41) is 4.85. The number of nitrogens with zero attached hydrogens (tertiary/aromatic N) is 2. The van der Waals surface area contributed by atoms with Crippen molar-refractivity contribution in [2.75, 3.05) is 6.26 Å². The molecule has 1 aromatic heterocycles. The zero-order chi connectivity index (χ0) is 25.8. The lowest BCUT2D eigenvalue weighted by Gasteiger charge is -2.23. The van der Waals surface area contributed by atoms with E-state index in [4.69, 9.17) is 16.3 Å². The normalized spacial score (nSPS) is 14.7. The third-order valence-electron chi connectivity index (χ3n) is 5.76. The van der Waals surface area contributed by atoms with Crippen LogP contribution in [0.1, 0.15) is 63.1 Å². The molecule has 1 aromatic carbocycles. The van der Waals surface area contributed by atoms with Crippen LogP contribution >= 0.6 is 11.6 Å². The molecular weight excluding hydrogens is 499 g/mol. The van der Waals surface area contributed by atoms with E-state index in [-0.39, 0.29) is 36.1 Å². The maximum atomic E-state index is 13.9. The van der Waals surface area contributed by atoms with Crippen molar-refractivity contribution in [3.8, 4) is 5.88 Å². The van der Waals surface area contributed by atoms with E-state index in [0.29, 0.717) is 11.1 Å². The number of rotatable bonds is 8. The summed E-state index contributed by atoms with van der Waals surface area (Å²) in [7, 11) is -3.86. The Hall–Kier alpha value is -2.66. The lowest BCUT2D eigenvalue weighted by Crippen LogP contribution is -2.42. The number of amides is 2. The molecule has 1 aliphatic rings. The van der Waals surface area contributed by atoms with Gasteiger partial charge in [-0.2, -0.15) is 4.98 Å². The van der Waals surface area contributed by atoms with Gasteiger partial charge in [-0.3, -0.25) is 9.36 Å². The van der Waals surface area contributed by atoms with E-state index in [2.05, 4.69) is 15.6 Å². The van der Waals surface area contributed by atoms with Gasteiger partial charge in [-0.15, -0.1) is 0 Å². The Morgan fingerprint density at radius 3 is 2.57 bits per heavy atom. The molecule has 1 fully saturated rings. The number of benzene rings is 1. The van der Waals surface area contributed by atoms with E-state index in [1.807, 2.05) is 0 Å². The number of hydrogen-bond acceptors (Lipinski definition) is 6. The Labute approximate surface area is 209 Å². The summed E-state index contributed by atoms with van der Waals surface area (Å²) in [4.78, 5) is 29.0. The minimum atomic E-state index is -3.86. The SMILES string of the molecule is CC(C)n1c(S(C)(=O)=O)nc(OCc2ccc(F)cc2CNC(=O)NC2CCCCC2)c(Cl)c1=O. The van der Waals surface area contributed by atoms with Crippen LogP contribution in [0.25, 0.3) is 0 Å². The summed E-state index contributed by atoms with van der Waals surface area (Å²) in [6.45, 7) is 3.13. The number of urea groups is 1. The van der Waals surface area contributed by atoms with Crippen molar-refractivity contribution in [1.29, 1.82) is 0 Å². The van der Waals surface area contributed by atoms with E-state index in [0.717, 1.165) is 36.5 Å². The highest BCUT2D eigenvalue weighted by Crippen LogP contribution is 2.24. The summed E-state index contributed by atoms with van der Waals surface area (Å²) >= 11 is 6.15. The van der Waals surface area contributed by atoms with Crippen molar-refractivity contribution < 1.29 is 22.3 Å². The monoisotopic (exact) mass is 528 g/mol. The Bertz CT molecular complexity index is 1240. The summed E-state index contributed by atoms with van der Waals surface area (Å²) in [5.74, 6) is -0.833. The second-order valence-electron chi connectivity index (χ2n) is 8.92. The van der Waals surface area contributed by atoms with E-state index < -0.39 is 32.4 Å². The van der Waals surface area contributed by atoms with Crippen molar-refractivity contribution in [2.45, 2.75) is 76.3 Å². The highest BCUT2D eigenvalue weighted by Gasteiger charge is 2.24. The molecule has 0 aliphatic heterocycles. The fourth-order valence-corrected chi connectivity index (χ4v) is 5.08. The van der Waals surface area contributed by atoms with E-state index >= 15 is 0 Å². The third kappa shape index (κ3) is 6.94. The second-order valence-corrected chi connectivity index (χ2v) is 11.2. The Balaban J connectivity index is 1.77. The molecule has 35 heavy (non-hydrogen) atoms. The fraction of sp³-hybridized carbons (Fsp3) is 0.522. The van der Waals surface area contributed by atoms with Gasteiger partial charge in [0.2, 0.25) is 20.9 Å². The first-order valence-electron chi connectivity index (χ1n) is 11.4. The second kappa shape index (κ2) is 11.4. The van der Waals surface area contributed by atoms with Crippen LogP contribution in [0, 0.1) is 5.82 Å². The van der Waals surface area contributed by atoms with Crippen molar-refractivity contribution in [3.05, 3.63) is 50.5 Å². The van der Waals surface area contributed by atoms with Gasteiger partial charge in [-0.25, -0.2) is 17.6 Å². The average Bonchev–Trinajstić information content (AvgIpc) is 2.79. The molecule has 9 nitrogen and oxygen atoms in total. The van der Waals surface area contributed by atoms with E-state index in [1.54, 1.807) is 13.8 Å². The molecule has 0 spiro atoms. The summed E-state index contributed by atoms with van der Waals surface area (Å²) in [6.07, 6.45) is 6.14. The molecule has 0 radical (unpaired) electrons. The fourth-order valence-electron chi connectivity index (χ4n) is 3.99. The Kier molecular flexibility index (Phi) is 8.76. The molecule has 1 heterocycles. The van der Waals surface area contributed by atoms with Gasteiger partial charge in [-0.1, -0.05) is 36.9 Å². The predicted octanol–water partition coefficient (Wildman–Crippen LogP) is 3.73. The van der Waals surface area contributed by atoms with Gasteiger partial charge in [-0.05, 0) is 49.9 Å².